The molecule has 0 fully saturated rings. The summed E-state index contributed by atoms with van der Waals surface area (Å²) < 4.78 is 0. The number of ketones is 2. The molecule has 0 heterocycles. The topological polar surface area (TPSA) is 142 Å². The van der Waals surface area contributed by atoms with E-state index in [1.54, 1.807) is 24.3 Å². The van der Waals surface area contributed by atoms with Crippen molar-refractivity contribution >= 4 is 27.5 Å². The van der Waals surface area contributed by atoms with E-state index in [1.165, 1.54) is 4.91 Å². The molecule has 128 valence electrons. The zero-order chi connectivity index (χ0) is 18.9. The van der Waals surface area contributed by atoms with Gasteiger partial charge >= 0.3 is 29.6 Å². The van der Waals surface area contributed by atoms with Crippen LogP contribution in [0, 0.1) is 0 Å². The summed E-state index contributed by atoms with van der Waals surface area (Å²) in [6.45, 7) is -0.111. The summed E-state index contributed by atoms with van der Waals surface area (Å²) in [6.07, 6.45) is 0. The average molecular weight is 425 g/mol. The second kappa shape index (κ2) is 17.7. The second-order valence-electron chi connectivity index (χ2n) is 4.19. The monoisotopic (exact) mass is 424 g/mol. The van der Waals surface area contributed by atoms with Gasteiger partial charge in [-0.15, -0.1) is 0 Å². The average Bonchev–Trinajstić information content (AvgIpc) is 2.68. The fourth-order valence-electron chi connectivity index (χ4n) is 1.51. The summed E-state index contributed by atoms with van der Waals surface area (Å²) in [5.41, 5.74) is 22.8. The van der Waals surface area contributed by atoms with Gasteiger partial charge in [0.25, 0.3) is 0 Å². The molecule has 0 spiro atoms. The predicted octanol–water partition coefficient (Wildman–Crippen LogP) is 2.31. The number of azide groups is 1. The van der Waals surface area contributed by atoms with E-state index in [0.717, 1.165) is 5.56 Å². The number of nitrogens with zero attached hydrogens (tertiary/aromatic N) is 6. The molecule has 0 radical (unpaired) electrons. The van der Waals surface area contributed by atoms with Gasteiger partial charge < -0.3 is 11.1 Å². The number of rotatable bonds is 5. The summed E-state index contributed by atoms with van der Waals surface area (Å²) in [4.78, 5) is 26.1. The number of halogens is 1. The molecule has 8 nitrogen and oxygen atoms in total. The molecule has 10 heteroatoms. The Bertz CT molecular complexity index is 746. The Hall–Kier alpha value is -2.12. The Labute approximate surface area is 181 Å². The van der Waals surface area contributed by atoms with Crippen LogP contribution in [0.25, 0.3) is 26.4 Å². The van der Waals surface area contributed by atoms with E-state index in [0.29, 0.717) is 10.9 Å². The Morgan fingerprint density at radius 1 is 0.846 bits per heavy atom. The zero-order valence-corrected chi connectivity index (χ0v) is 17.7. The van der Waals surface area contributed by atoms with Gasteiger partial charge in [0.15, 0.2) is 11.6 Å². The number of carbonyl (C=O) groups is 2. The third kappa shape index (κ3) is 12.3. The van der Waals surface area contributed by atoms with Crippen LogP contribution in [0.2, 0.25) is 0 Å². The van der Waals surface area contributed by atoms with Crippen molar-refractivity contribution < 1.29 is 39.1 Å². The van der Waals surface area contributed by atoms with E-state index in [9.17, 15) is 9.59 Å². The van der Waals surface area contributed by atoms with E-state index in [4.69, 9.17) is 16.6 Å². The van der Waals surface area contributed by atoms with Crippen molar-refractivity contribution in [3.05, 3.63) is 98.2 Å². The summed E-state index contributed by atoms with van der Waals surface area (Å²) >= 11 is 3.10. The molecule has 2 rings (SSSR count). The molecule has 0 aromatic heterocycles. The fraction of sp³-hybridized carbons (Fsp3) is 0.125. The van der Waals surface area contributed by atoms with Gasteiger partial charge in [-0.1, -0.05) is 81.7 Å². The van der Waals surface area contributed by atoms with Gasteiger partial charge in [0.1, 0.15) is 0 Å². The van der Waals surface area contributed by atoms with Crippen LogP contribution in [0.15, 0.2) is 65.8 Å². The van der Waals surface area contributed by atoms with Crippen LogP contribution in [0.5, 0.6) is 0 Å². The van der Waals surface area contributed by atoms with Crippen LogP contribution in [0.4, 0.5) is 0 Å². The maximum Gasteiger partial charge on any atom is 1.00 e. The molecule has 0 saturated carbocycles. The van der Waals surface area contributed by atoms with Crippen molar-refractivity contribution in [2.24, 2.45) is 5.11 Å². The molecule has 0 amide bonds. The van der Waals surface area contributed by atoms with E-state index in [1.807, 2.05) is 36.4 Å². The molecule has 0 aliphatic carbocycles. The van der Waals surface area contributed by atoms with Crippen molar-refractivity contribution in [2.45, 2.75) is 0 Å². The second-order valence-corrected chi connectivity index (χ2v) is 4.75. The van der Waals surface area contributed by atoms with Crippen LogP contribution in [-0.2, 0) is 0 Å². The third-order valence-corrected chi connectivity index (χ3v) is 3.10. The summed E-state index contributed by atoms with van der Waals surface area (Å²) in [6, 6.07) is 18.0. The van der Waals surface area contributed by atoms with Gasteiger partial charge in [-0.25, -0.2) is 0 Å². The first kappa shape index (κ1) is 26.1. The number of alkyl halides is 1. The minimum atomic E-state index is -0.159. The van der Waals surface area contributed by atoms with Gasteiger partial charge in [-0.05, 0) is 5.53 Å². The normalized spacial score (nSPS) is 7.88. The molecular formula is C16H14BrN6NaO2. The van der Waals surface area contributed by atoms with Crippen LogP contribution in [-0.4, -0.2) is 23.4 Å². The molecule has 26 heavy (non-hydrogen) atoms. The molecule has 0 atom stereocenters. The number of benzene rings is 2. The van der Waals surface area contributed by atoms with E-state index in [2.05, 4.69) is 26.0 Å². The Morgan fingerprint density at radius 3 is 1.58 bits per heavy atom. The smallest absolute Gasteiger partial charge is 0.373 e. The van der Waals surface area contributed by atoms with E-state index in [-0.39, 0.29) is 47.7 Å². The first-order valence-corrected chi connectivity index (χ1v) is 7.94. The van der Waals surface area contributed by atoms with Gasteiger partial charge in [0.05, 0.1) is 11.9 Å². The Balaban J connectivity index is 0. The first-order chi connectivity index (χ1) is 12.1. The summed E-state index contributed by atoms with van der Waals surface area (Å²) in [7, 11) is 0. The number of hydrogen-bond acceptors (Lipinski definition) is 3. The molecular weight excluding hydrogens is 411 g/mol. The molecule has 0 aliphatic rings. The van der Waals surface area contributed by atoms with E-state index >= 15 is 0 Å². The zero-order valence-electron chi connectivity index (χ0n) is 14.1. The minimum Gasteiger partial charge on any atom is -0.373 e. The molecule has 0 saturated heterocycles. The van der Waals surface area contributed by atoms with Gasteiger partial charge in [-0.2, -0.15) is 0 Å². The van der Waals surface area contributed by atoms with Crippen molar-refractivity contribution in [3.63, 3.8) is 0 Å². The van der Waals surface area contributed by atoms with Crippen LogP contribution in [0.1, 0.15) is 20.7 Å². The van der Waals surface area contributed by atoms with Gasteiger partial charge in [0, 0.05) is 16.0 Å². The van der Waals surface area contributed by atoms with Crippen molar-refractivity contribution in [1.29, 1.82) is 0 Å². The van der Waals surface area contributed by atoms with Crippen LogP contribution in [0.3, 0.4) is 0 Å². The molecule has 0 unspecified atom stereocenters. The van der Waals surface area contributed by atoms with Crippen LogP contribution < -0.4 is 29.6 Å². The molecule has 0 N–H and O–H groups in total. The van der Waals surface area contributed by atoms with Crippen molar-refractivity contribution in [1.82, 2.24) is 0 Å². The maximum atomic E-state index is 11.1. The van der Waals surface area contributed by atoms with Crippen molar-refractivity contribution in [3.8, 4) is 0 Å². The minimum absolute atomic E-state index is 0. The third-order valence-electron chi connectivity index (χ3n) is 2.59. The quantitative estimate of drug-likeness (QED) is 0.181. The summed E-state index contributed by atoms with van der Waals surface area (Å²) in [5, 5.41) is 3.58. The van der Waals surface area contributed by atoms with E-state index < -0.39 is 0 Å². The van der Waals surface area contributed by atoms with Crippen LogP contribution >= 0.6 is 15.9 Å². The molecule has 0 bridgehead atoms. The standard InChI is InChI=1S/C8H7BrO.C8H7N3O.N3.Na/c9-6-8(10)7-4-2-1-3-5-7;9-11-10-6-8(12)7-4-2-1-3-5-7;1-3-2;/h1-5H,6H2;1-5H,6H2;;/q;;-1;+1. The number of Topliss-reactive ketones (excluding diaryl/α,β-unsaturated/α-hetero) is 2. The van der Waals surface area contributed by atoms with Gasteiger partial charge in [0.2, 0.25) is 0 Å². The molecule has 2 aromatic carbocycles. The maximum absolute atomic E-state index is 11.1. The van der Waals surface area contributed by atoms with Gasteiger partial charge in [-0.3, -0.25) is 14.5 Å². The fourth-order valence-corrected chi connectivity index (χ4v) is 1.84. The molecule has 0 aliphatic heterocycles. The summed E-state index contributed by atoms with van der Waals surface area (Å²) in [5.74, 6) is -0.0333. The SMILES string of the molecule is O=C(CBr)c1ccccc1.[N-]=[N+]=NCC(=O)c1ccccc1.[N-]=[N+]=[N-].[Na+]. The Morgan fingerprint density at radius 2 is 1.23 bits per heavy atom. The molecule has 2 aromatic rings. The number of carbonyl (C=O) groups excluding carboxylic acids is 2. The Kier molecular flexibility index (Phi) is 17.8. The largest absolute Gasteiger partial charge is 1.00 e. The predicted molar refractivity (Wildman–Crippen MR) is 99.4 cm³/mol. The number of hydrogen-bond donors (Lipinski definition) is 0. The van der Waals surface area contributed by atoms with Crippen molar-refractivity contribution in [2.75, 3.05) is 11.9 Å². The first-order valence-electron chi connectivity index (χ1n) is 6.82.